The fourth-order valence-corrected chi connectivity index (χ4v) is 7.43. The van der Waals surface area contributed by atoms with Crippen LogP contribution in [0.1, 0.15) is 11.5 Å². The van der Waals surface area contributed by atoms with E-state index in [9.17, 15) is 14.4 Å². The zero-order valence-corrected chi connectivity index (χ0v) is 19.3. The number of thiol groups is 1. The highest BCUT2D eigenvalue weighted by atomic mass is 32.2. The molecule has 3 heterocycles. The Morgan fingerprint density at radius 1 is 0.897 bits per heavy atom. The van der Waals surface area contributed by atoms with Crippen LogP contribution in [0.25, 0.3) is 0 Å². The van der Waals surface area contributed by atoms with Gasteiger partial charge < -0.3 is 4.90 Å². The maximum Gasteiger partial charge on any atom is 0.278 e. The number of thiocarbonyl (C=S) groups is 2. The first kappa shape index (κ1) is 21.1. The van der Waals surface area contributed by atoms with Gasteiger partial charge in [0.2, 0.25) is 11.8 Å². The predicted molar refractivity (Wildman–Crippen MR) is 127 cm³/mol. The third-order valence-corrected chi connectivity index (χ3v) is 8.85. The molecule has 0 saturated carbocycles. The van der Waals surface area contributed by atoms with Crippen LogP contribution in [0.3, 0.4) is 0 Å². The van der Waals surface area contributed by atoms with Crippen molar-refractivity contribution in [3.8, 4) is 0 Å². The molecule has 4 rings (SSSR count). The SMILES string of the molecule is O=C(S)N1CCN2C(=O)C(SC2=S)C(c2ccccc2)C2SC(=S)N(CC1)C2=O. The summed E-state index contributed by atoms with van der Waals surface area (Å²) in [5.41, 5.74) is 0.919. The molecule has 11 heteroatoms. The van der Waals surface area contributed by atoms with E-state index >= 15 is 0 Å². The molecule has 0 N–H and O–H groups in total. The second kappa shape index (κ2) is 8.54. The van der Waals surface area contributed by atoms with Crippen molar-refractivity contribution in [2.24, 2.45) is 0 Å². The van der Waals surface area contributed by atoms with E-state index in [-0.39, 0.29) is 17.7 Å². The van der Waals surface area contributed by atoms with E-state index < -0.39 is 15.7 Å². The second-order valence-corrected chi connectivity index (χ2v) is 10.7. The number of hydrogen-bond donors (Lipinski definition) is 1. The van der Waals surface area contributed by atoms with Crippen LogP contribution in [0, 0.1) is 0 Å². The summed E-state index contributed by atoms with van der Waals surface area (Å²) in [5.74, 6) is -0.600. The molecule has 0 spiro atoms. The lowest BCUT2D eigenvalue weighted by Gasteiger charge is -2.29. The lowest BCUT2D eigenvalue weighted by Crippen LogP contribution is -2.46. The van der Waals surface area contributed by atoms with Crippen LogP contribution in [-0.2, 0) is 9.59 Å². The zero-order valence-electron chi connectivity index (χ0n) is 15.1. The van der Waals surface area contributed by atoms with Crippen molar-refractivity contribution in [2.45, 2.75) is 16.4 Å². The van der Waals surface area contributed by atoms with Crippen LogP contribution in [0.5, 0.6) is 0 Å². The monoisotopic (exact) mass is 483 g/mol. The highest BCUT2D eigenvalue weighted by Gasteiger charge is 2.51. The van der Waals surface area contributed by atoms with Gasteiger partial charge in [-0.25, -0.2) is 0 Å². The number of rotatable bonds is 1. The zero-order chi connectivity index (χ0) is 20.7. The highest BCUT2D eigenvalue weighted by molar-refractivity contribution is 8.25. The quantitative estimate of drug-likeness (QED) is 0.487. The maximum absolute atomic E-state index is 13.3. The van der Waals surface area contributed by atoms with Gasteiger partial charge in [-0.3, -0.25) is 24.2 Å². The molecule has 4 bridgehead atoms. The summed E-state index contributed by atoms with van der Waals surface area (Å²) in [5, 5.41) is -1.42. The Hall–Kier alpha value is -1.14. The van der Waals surface area contributed by atoms with Gasteiger partial charge >= 0.3 is 0 Å². The summed E-state index contributed by atoms with van der Waals surface area (Å²) in [6, 6.07) is 9.60. The van der Waals surface area contributed by atoms with Crippen LogP contribution in [0.2, 0.25) is 0 Å². The predicted octanol–water partition coefficient (Wildman–Crippen LogP) is 2.59. The topological polar surface area (TPSA) is 60.9 Å². The fraction of sp³-hybridized carbons (Fsp3) is 0.389. The number of hydrogen-bond acceptors (Lipinski definition) is 7. The molecule has 0 radical (unpaired) electrons. The van der Waals surface area contributed by atoms with Gasteiger partial charge in [0, 0.05) is 32.1 Å². The lowest BCUT2D eigenvalue weighted by molar-refractivity contribution is -0.128. The van der Waals surface area contributed by atoms with Gasteiger partial charge in [0.15, 0.2) is 0 Å². The number of carbonyl (C=O) groups is 3. The van der Waals surface area contributed by atoms with Gasteiger partial charge in [-0.1, -0.05) is 90.9 Å². The number of amides is 3. The molecule has 3 saturated heterocycles. The highest BCUT2D eigenvalue weighted by Crippen LogP contribution is 2.46. The molecule has 3 aliphatic rings. The van der Waals surface area contributed by atoms with Crippen molar-refractivity contribution >= 4 is 86.3 Å². The minimum absolute atomic E-state index is 0.126. The van der Waals surface area contributed by atoms with Crippen LogP contribution < -0.4 is 0 Å². The molecule has 3 fully saturated rings. The average molecular weight is 484 g/mol. The van der Waals surface area contributed by atoms with Crippen molar-refractivity contribution in [3.05, 3.63) is 35.9 Å². The van der Waals surface area contributed by atoms with Crippen LogP contribution in [-0.4, -0.2) is 77.1 Å². The van der Waals surface area contributed by atoms with Gasteiger partial charge in [-0.05, 0) is 5.56 Å². The van der Waals surface area contributed by atoms with Crippen molar-refractivity contribution < 1.29 is 14.4 Å². The standard InChI is InChI=1S/C18H17N3O3S5/c22-14-12-11(10-4-2-1-3-5-10)13-15(23)21(18(27)29-13)9-7-19(16(24)25)6-8-20(14)17(26)28-12/h1-5,11-13H,6-9H2,(H,24,25). The Morgan fingerprint density at radius 2 is 1.38 bits per heavy atom. The molecule has 2 atom stereocenters. The molecule has 3 amide bonds. The Labute approximate surface area is 193 Å². The molecule has 0 aromatic heterocycles. The number of benzene rings is 1. The van der Waals surface area contributed by atoms with Gasteiger partial charge in [0.1, 0.15) is 8.64 Å². The van der Waals surface area contributed by atoms with Crippen LogP contribution >= 0.6 is 60.6 Å². The van der Waals surface area contributed by atoms with Crippen molar-refractivity contribution in [3.63, 3.8) is 0 Å². The van der Waals surface area contributed by atoms with Crippen LogP contribution in [0.15, 0.2) is 30.3 Å². The number of thioether (sulfide) groups is 2. The molecule has 1 aromatic carbocycles. The smallest absolute Gasteiger partial charge is 0.278 e. The summed E-state index contributed by atoms with van der Waals surface area (Å²) in [7, 11) is 0. The largest absolute Gasteiger partial charge is 0.330 e. The summed E-state index contributed by atoms with van der Waals surface area (Å²) < 4.78 is 0.947. The molecular formula is C18H17N3O3S5. The Kier molecular flexibility index (Phi) is 6.22. The Morgan fingerprint density at radius 3 is 1.83 bits per heavy atom. The second-order valence-electron chi connectivity index (χ2n) is 6.79. The van der Waals surface area contributed by atoms with Gasteiger partial charge in [-0.2, -0.15) is 0 Å². The van der Waals surface area contributed by atoms with Gasteiger partial charge in [0.25, 0.3) is 5.24 Å². The Bertz CT molecular complexity index is 850. The minimum Gasteiger partial charge on any atom is -0.330 e. The fourth-order valence-electron chi connectivity index (χ4n) is 3.72. The third kappa shape index (κ3) is 3.95. The molecule has 0 aliphatic carbocycles. The van der Waals surface area contributed by atoms with Crippen molar-refractivity contribution in [1.82, 2.24) is 14.7 Å². The van der Waals surface area contributed by atoms with E-state index in [0.717, 1.165) is 5.56 Å². The molecule has 1 aromatic rings. The normalized spacial score (nSPS) is 27.9. The van der Waals surface area contributed by atoms with E-state index in [1.165, 1.54) is 28.4 Å². The summed E-state index contributed by atoms with van der Waals surface area (Å²) >= 11 is 17.5. The molecular weight excluding hydrogens is 467 g/mol. The molecule has 2 unspecified atom stereocenters. The van der Waals surface area contributed by atoms with E-state index in [4.69, 9.17) is 24.4 Å². The van der Waals surface area contributed by atoms with Gasteiger partial charge in [-0.15, -0.1) is 0 Å². The van der Waals surface area contributed by atoms with E-state index in [1.54, 1.807) is 9.80 Å². The number of nitrogens with zero attached hydrogens (tertiary/aromatic N) is 3. The van der Waals surface area contributed by atoms with E-state index in [2.05, 4.69) is 12.6 Å². The maximum atomic E-state index is 13.3. The average Bonchev–Trinajstić information content (AvgIpc) is 3.13. The molecule has 29 heavy (non-hydrogen) atoms. The minimum atomic E-state index is -0.506. The number of carbonyl (C=O) groups excluding carboxylic acids is 3. The molecule has 6 nitrogen and oxygen atoms in total. The molecule has 3 aliphatic heterocycles. The lowest BCUT2D eigenvalue weighted by atomic mass is 9.90. The number of fused-ring (bicyclic) bond motifs is 4. The summed E-state index contributed by atoms with van der Waals surface area (Å²) in [6.45, 7) is 1.21. The van der Waals surface area contributed by atoms with Crippen LogP contribution in [0.4, 0.5) is 4.79 Å². The summed E-state index contributed by atoms with van der Waals surface area (Å²) in [4.78, 5) is 43.1. The van der Waals surface area contributed by atoms with E-state index in [0.29, 0.717) is 34.8 Å². The first-order valence-electron chi connectivity index (χ1n) is 8.95. The Balaban J connectivity index is 1.77. The van der Waals surface area contributed by atoms with E-state index in [1.807, 2.05) is 30.3 Å². The first-order chi connectivity index (χ1) is 13.9. The third-order valence-electron chi connectivity index (χ3n) is 5.21. The van der Waals surface area contributed by atoms with Crippen molar-refractivity contribution in [2.75, 3.05) is 26.2 Å². The molecule has 152 valence electrons. The van der Waals surface area contributed by atoms with Crippen molar-refractivity contribution in [1.29, 1.82) is 0 Å². The first-order valence-corrected chi connectivity index (χ1v) is 12.0. The van der Waals surface area contributed by atoms with Gasteiger partial charge in [0.05, 0.1) is 10.5 Å². The summed E-state index contributed by atoms with van der Waals surface area (Å²) in [6.07, 6.45) is 0.